The lowest BCUT2D eigenvalue weighted by Gasteiger charge is -2.16. The van der Waals surface area contributed by atoms with Gasteiger partial charge in [0.25, 0.3) is 0 Å². The van der Waals surface area contributed by atoms with Gasteiger partial charge in [0.2, 0.25) is 5.91 Å². The SMILES string of the molecule is CN(CC=CC(=O)N1CC[C@@H](n2nc(-c3ccc(C(=O)O)cc3)c3c(N)ncnc32)C1)C1CC1. The second-order valence-corrected chi connectivity index (χ2v) is 8.93. The Morgan fingerprint density at radius 1 is 1.21 bits per heavy atom. The number of nitrogen functional groups attached to an aromatic ring is 1. The van der Waals surface area contributed by atoms with Gasteiger partial charge in [0.05, 0.1) is 17.0 Å². The molecular weight excluding hydrogens is 434 g/mol. The van der Waals surface area contributed by atoms with Crippen LogP contribution < -0.4 is 5.73 Å². The van der Waals surface area contributed by atoms with Crippen LogP contribution >= 0.6 is 0 Å². The first-order chi connectivity index (χ1) is 16.4. The van der Waals surface area contributed by atoms with Crippen LogP contribution in [0, 0.1) is 0 Å². The molecule has 1 saturated heterocycles. The summed E-state index contributed by atoms with van der Waals surface area (Å²) in [7, 11) is 2.08. The van der Waals surface area contributed by atoms with E-state index in [4.69, 9.17) is 10.8 Å². The number of carboxylic acid groups (broad SMARTS) is 1. The molecule has 1 saturated carbocycles. The van der Waals surface area contributed by atoms with E-state index < -0.39 is 5.97 Å². The number of carbonyl (C=O) groups excluding carboxylic acids is 1. The van der Waals surface area contributed by atoms with Crippen LogP contribution in [0.4, 0.5) is 5.82 Å². The number of aromatic carboxylic acids is 1. The fraction of sp³-hybridized carbons (Fsp3) is 0.375. The molecule has 3 aromatic rings. The normalized spacial score (nSPS) is 18.4. The first-order valence-electron chi connectivity index (χ1n) is 11.4. The molecule has 0 radical (unpaired) electrons. The quantitative estimate of drug-likeness (QED) is 0.512. The Hall–Kier alpha value is -3.79. The molecule has 3 heterocycles. The van der Waals surface area contributed by atoms with Gasteiger partial charge in [-0.05, 0) is 38.4 Å². The van der Waals surface area contributed by atoms with Crippen molar-refractivity contribution >= 4 is 28.7 Å². The number of hydrogen-bond acceptors (Lipinski definition) is 7. The lowest BCUT2D eigenvalue weighted by molar-refractivity contribution is -0.125. The fourth-order valence-corrected chi connectivity index (χ4v) is 4.45. The van der Waals surface area contributed by atoms with E-state index in [0.717, 1.165) is 18.5 Å². The Kier molecular flexibility index (Phi) is 5.74. The molecular formula is C24H27N7O3. The van der Waals surface area contributed by atoms with Crippen LogP contribution in [0.5, 0.6) is 0 Å². The van der Waals surface area contributed by atoms with Crippen molar-refractivity contribution in [3.63, 3.8) is 0 Å². The minimum absolute atomic E-state index is 0.00165. The highest BCUT2D eigenvalue weighted by atomic mass is 16.4. The standard InChI is InChI=1S/C24H27N7O3/c1-29(17-8-9-17)11-2-3-19(32)30-12-10-18(13-30)31-23-20(22(25)26-14-27-23)21(28-31)15-4-6-16(7-5-15)24(33)34/h2-7,14,17-18H,8-13H2,1H3,(H,33,34)(H2,25,26,27)/t18-/m1/s1. The molecule has 2 fully saturated rings. The third kappa shape index (κ3) is 4.24. The molecule has 3 N–H and O–H groups in total. The highest BCUT2D eigenvalue weighted by molar-refractivity contribution is 5.99. The molecule has 1 aromatic carbocycles. The van der Waals surface area contributed by atoms with Gasteiger partial charge in [0.15, 0.2) is 5.65 Å². The number of nitrogens with two attached hydrogens (primary N) is 1. The summed E-state index contributed by atoms with van der Waals surface area (Å²) in [6.45, 7) is 1.94. The molecule has 1 atom stereocenters. The van der Waals surface area contributed by atoms with Crippen molar-refractivity contribution in [3.05, 3.63) is 48.3 Å². The summed E-state index contributed by atoms with van der Waals surface area (Å²) >= 11 is 0. The van der Waals surface area contributed by atoms with Crippen molar-refractivity contribution in [2.45, 2.75) is 31.3 Å². The van der Waals surface area contributed by atoms with Crippen LogP contribution in [0.1, 0.15) is 35.7 Å². The van der Waals surface area contributed by atoms with E-state index in [1.807, 2.05) is 15.7 Å². The number of aromatic nitrogens is 4. The Morgan fingerprint density at radius 3 is 2.68 bits per heavy atom. The van der Waals surface area contributed by atoms with Crippen LogP contribution in [0.3, 0.4) is 0 Å². The van der Waals surface area contributed by atoms with Gasteiger partial charge >= 0.3 is 5.97 Å². The van der Waals surface area contributed by atoms with E-state index in [2.05, 4.69) is 21.9 Å². The monoisotopic (exact) mass is 461 g/mol. The second kappa shape index (κ2) is 8.86. The molecule has 1 aliphatic heterocycles. The van der Waals surface area contributed by atoms with Crippen molar-refractivity contribution in [3.8, 4) is 11.3 Å². The van der Waals surface area contributed by atoms with Crippen molar-refractivity contribution in [2.24, 2.45) is 0 Å². The molecule has 34 heavy (non-hydrogen) atoms. The van der Waals surface area contributed by atoms with E-state index in [-0.39, 0.29) is 17.5 Å². The summed E-state index contributed by atoms with van der Waals surface area (Å²) in [6.07, 6.45) is 8.24. The smallest absolute Gasteiger partial charge is 0.335 e. The zero-order valence-corrected chi connectivity index (χ0v) is 19.0. The number of amides is 1. The number of fused-ring (bicyclic) bond motifs is 1. The maximum atomic E-state index is 12.7. The van der Waals surface area contributed by atoms with E-state index in [1.54, 1.807) is 18.2 Å². The number of carboxylic acids is 1. The van der Waals surface area contributed by atoms with Crippen LogP contribution in [-0.4, -0.2) is 79.3 Å². The van der Waals surface area contributed by atoms with Crippen molar-refractivity contribution < 1.29 is 14.7 Å². The number of benzene rings is 1. The summed E-state index contributed by atoms with van der Waals surface area (Å²) in [5.41, 5.74) is 8.30. The molecule has 0 spiro atoms. The molecule has 10 heteroatoms. The number of rotatable bonds is 7. The summed E-state index contributed by atoms with van der Waals surface area (Å²) < 4.78 is 1.83. The number of nitrogens with zero attached hydrogens (tertiary/aromatic N) is 6. The van der Waals surface area contributed by atoms with Crippen LogP contribution in [0.2, 0.25) is 0 Å². The fourth-order valence-electron chi connectivity index (χ4n) is 4.45. The predicted octanol–water partition coefficient (Wildman–Crippen LogP) is 2.20. The molecule has 5 rings (SSSR count). The van der Waals surface area contributed by atoms with Gasteiger partial charge in [-0.2, -0.15) is 5.10 Å². The molecule has 176 valence electrons. The number of likely N-dealkylation sites (tertiary alicyclic amines) is 1. The lowest BCUT2D eigenvalue weighted by Crippen LogP contribution is -2.28. The zero-order chi connectivity index (χ0) is 23.8. The van der Waals surface area contributed by atoms with E-state index in [1.165, 1.54) is 31.3 Å². The Bertz CT molecular complexity index is 1260. The molecule has 10 nitrogen and oxygen atoms in total. The van der Waals surface area contributed by atoms with Crippen LogP contribution in [-0.2, 0) is 4.79 Å². The van der Waals surface area contributed by atoms with Gasteiger partial charge in [0.1, 0.15) is 17.8 Å². The maximum Gasteiger partial charge on any atom is 0.335 e. The van der Waals surface area contributed by atoms with Gasteiger partial charge in [-0.3, -0.25) is 9.69 Å². The van der Waals surface area contributed by atoms with Crippen molar-refractivity contribution in [2.75, 3.05) is 32.4 Å². The third-order valence-electron chi connectivity index (χ3n) is 6.57. The molecule has 2 aromatic heterocycles. The van der Waals surface area contributed by atoms with Crippen molar-refractivity contribution in [1.29, 1.82) is 0 Å². The van der Waals surface area contributed by atoms with E-state index in [0.29, 0.717) is 41.7 Å². The maximum absolute atomic E-state index is 12.7. The average Bonchev–Trinajstić information content (AvgIpc) is 3.44. The number of anilines is 1. The largest absolute Gasteiger partial charge is 0.478 e. The minimum atomic E-state index is -0.992. The van der Waals surface area contributed by atoms with E-state index >= 15 is 0 Å². The highest BCUT2D eigenvalue weighted by Gasteiger charge is 2.30. The topological polar surface area (TPSA) is 130 Å². The molecule has 2 aliphatic rings. The Balaban J connectivity index is 1.38. The predicted molar refractivity (Wildman–Crippen MR) is 127 cm³/mol. The van der Waals surface area contributed by atoms with Crippen molar-refractivity contribution in [1.82, 2.24) is 29.5 Å². The summed E-state index contributed by atoms with van der Waals surface area (Å²) in [4.78, 5) is 36.6. The summed E-state index contributed by atoms with van der Waals surface area (Å²) in [6, 6.07) is 7.09. The first kappa shape index (κ1) is 22.0. The molecule has 1 aliphatic carbocycles. The van der Waals surface area contributed by atoms with E-state index in [9.17, 15) is 14.7 Å². The number of carbonyl (C=O) groups is 2. The van der Waals surface area contributed by atoms with Gasteiger partial charge in [0, 0.05) is 37.3 Å². The van der Waals surface area contributed by atoms with Gasteiger partial charge in [-0.25, -0.2) is 19.4 Å². The number of likely N-dealkylation sites (N-methyl/N-ethyl adjacent to an activating group) is 1. The van der Waals surface area contributed by atoms with Gasteiger partial charge in [-0.1, -0.05) is 18.2 Å². The van der Waals surface area contributed by atoms with Gasteiger partial charge < -0.3 is 15.7 Å². The third-order valence-corrected chi connectivity index (χ3v) is 6.57. The number of hydrogen-bond donors (Lipinski definition) is 2. The minimum Gasteiger partial charge on any atom is -0.478 e. The lowest BCUT2D eigenvalue weighted by atomic mass is 10.1. The van der Waals surface area contributed by atoms with Crippen LogP contribution in [0.25, 0.3) is 22.3 Å². The first-order valence-corrected chi connectivity index (χ1v) is 11.4. The summed E-state index contributed by atoms with van der Waals surface area (Å²) in [5, 5.41) is 14.6. The van der Waals surface area contributed by atoms with Gasteiger partial charge in [-0.15, -0.1) is 0 Å². The summed E-state index contributed by atoms with van der Waals surface area (Å²) in [5.74, 6) is -0.683. The van der Waals surface area contributed by atoms with Crippen LogP contribution in [0.15, 0.2) is 42.7 Å². The Morgan fingerprint density at radius 2 is 1.97 bits per heavy atom. The molecule has 0 unspecified atom stereocenters. The highest BCUT2D eigenvalue weighted by Crippen LogP contribution is 2.34. The average molecular weight is 462 g/mol. The molecule has 1 amide bonds. The second-order valence-electron chi connectivity index (χ2n) is 8.93. The Labute approximate surface area is 196 Å². The zero-order valence-electron chi connectivity index (χ0n) is 19.0. The molecule has 0 bridgehead atoms.